The fourth-order valence-electron chi connectivity index (χ4n) is 2.64. The van der Waals surface area contributed by atoms with E-state index in [-0.39, 0.29) is 17.4 Å². The van der Waals surface area contributed by atoms with Gasteiger partial charge in [-0.25, -0.2) is 0 Å². The van der Waals surface area contributed by atoms with Gasteiger partial charge in [-0.1, -0.05) is 41.9 Å². The lowest BCUT2D eigenvalue weighted by Gasteiger charge is -2.18. The van der Waals surface area contributed by atoms with Crippen molar-refractivity contribution in [3.63, 3.8) is 0 Å². The van der Waals surface area contributed by atoms with E-state index < -0.39 is 0 Å². The Bertz CT molecular complexity index is 919. The number of H-pyrrole nitrogens is 1. The number of amides is 1. The average molecular weight is 343 g/mol. The SMILES string of the molecule is CON(C(C)=O)c1c(C(=O)c2ccccc2)[nH]c2cc(Cl)ccc12. The van der Waals surface area contributed by atoms with Crippen LogP contribution in [0.3, 0.4) is 0 Å². The Morgan fingerprint density at radius 1 is 1.12 bits per heavy atom. The first-order chi connectivity index (χ1) is 11.5. The lowest BCUT2D eigenvalue weighted by Crippen LogP contribution is -2.28. The number of aromatic amines is 1. The monoisotopic (exact) mass is 342 g/mol. The first kappa shape index (κ1) is 16.2. The van der Waals surface area contributed by atoms with E-state index in [2.05, 4.69) is 4.98 Å². The van der Waals surface area contributed by atoms with E-state index in [9.17, 15) is 9.59 Å². The number of rotatable bonds is 4. The summed E-state index contributed by atoms with van der Waals surface area (Å²) in [6.07, 6.45) is 0. The number of hydrogen-bond donors (Lipinski definition) is 1. The molecule has 3 aromatic rings. The number of nitrogens with zero attached hydrogens (tertiary/aromatic N) is 1. The molecule has 0 saturated carbocycles. The predicted molar refractivity (Wildman–Crippen MR) is 93.4 cm³/mol. The van der Waals surface area contributed by atoms with Crippen LogP contribution in [0.1, 0.15) is 23.0 Å². The van der Waals surface area contributed by atoms with Gasteiger partial charge in [-0.3, -0.25) is 14.4 Å². The highest BCUT2D eigenvalue weighted by molar-refractivity contribution is 6.31. The number of hydroxylamine groups is 1. The van der Waals surface area contributed by atoms with E-state index in [4.69, 9.17) is 16.4 Å². The van der Waals surface area contributed by atoms with Gasteiger partial charge in [0, 0.05) is 28.4 Å². The molecular formula is C18H15ClN2O3. The fraction of sp³-hybridized carbons (Fsp3) is 0.111. The summed E-state index contributed by atoms with van der Waals surface area (Å²) in [7, 11) is 1.38. The molecule has 1 aromatic heterocycles. The summed E-state index contributed by atoms with van der Waals surface area (Å²) in [5.41, 5.74) is 1.82. The van der Waals surface area contributed by atoms with Crippen LogP contribution < -0.4 is 5.06 Å². The molecule has 6 heteroatoms. The van der Waals surface area contributed by atoms with Gasteiger partial charge in [-0.05, 0) is 18.2 Å². The summed E-state index contributed by atoms with van der Waals surface area (Å²) in [6.45, 7) is 1.37. The van der Waals surface area contributed by atoms with Gasteiger partial charge in [0.1, 0.15) is 11.4 Å². The van der Waals surface area contributed by atoms with Crippen molar-refractivity contribution in [2.45, 2.75) is 6.92 Å². The number of ketones is 1. The van der Waals surface area contributed by atoms with E-state index in [1.807, 2.05) is 6.07 Å². The number of aromatic nitrogens is 1. The summed E-state index contributed by atoms with van der Waals surface area (Å²) >= 11 is 6.04. The zero-order valence-corrected chi connectivity index (χ0v) is 13.9. The topological polar surface area (TPSA) is 62.4 Å². The van der Waals surface area contributed by atoms with Crippen LogP contribution in [0, 0.1) is 0 Å². The Morgan fingerprint density at radius 3 is 2.46 bits per heavy atom. The van der Waals surface area contributed by atoms with E-state index in [0.717, 1.165) is 5.06 Å². The molecule has 2 aromatic carbocycles. The second kappa shape index (κ2) is 6.47. The second-order valence-electron chi connectivity index (χ2n) is 5.23. The first-order valence-corrected chi connectivity index (χ1v) is 7.66. The van der Waals surface area contributed by atoms with Crippen molar-refractivity contribution >= 4 is 39.9 Å². The Labute approximate surface area is 143 Å². The maximum absolute atomic E-state index is 12.9. The minimum atomic E-state index is -0.338. The van der Waals surface area contributed by atoms with Crippen LogP contribution in [0.2, 0.25) is 5.02 Å². The Balaban J connectivity index is 2.26. The molecule has 0 bridgehead atoms. The molecule has 5 nitrogen and oxygen atoms in total. The Hall–Kier alpha value is -2.63. The minimum Gasteiger partial charge on any atom is -0.350 e. The fourth-order valence-corrected chi connectivity index (χ4v) is 2.81. The summed E-state index contributed by atoms with van der Waals surface area (Å²) < 4.78 is 0. The third kappa shape index (κ3) is 2.79. The van der Waals surface area contributed by atoms with Gasteiger partial charge in [0.15, 0.2) is 0 Å². The molecule has 0 fully saturated rings. The molecule has 0 unspecified atom stereocenters. The van der Waals surface area contributed by atoms with Gasteiger partial charge in [-0.2, -0.15) is 5.06 Å². The summed E-state index contributed by atoms with van der Waals surface area (Å²) in [6, 6.07) is 14.0. The number of fused-ring (bicyclic) bond motifs is 1. The second-order valence-corrected chi connectivity index (χ2v) is 5.67. The summed E-state index contributed by atoms with van der Waals surface area (Å²) in [5, 5.41) is 2.31. The van der Waals surface area contributed by atoms with Crippen LogP contribution in [-0.2, 0) is 9.63 Å². The summed E-state index contributed by atoms with van der Waals surface area (Å²) in [4.78, 5) is 33.1. The van der Waals surface area contributed by atoms with Crippen LogP contribution in [0.15, 0.2) is 48.5 Å². The molecule has 122 valence electrons. The molecule has 3 rings (SSSR count). The third-order valence-electron chi connectivity index (χ3n) is 3.67. The van der Waals surface area contributed by atoms with Gasteiger partial charge < -0.3 is 4.98 Å². The number of carbonyl (C=O) groups excluding carboxylic acids is 2. The number of carbonyl (C=O) groups is 2. The standard InChI is InChI=1S/C18H15ClN2O3/c1-11(22)21(24-2)17-14-9-8-13(19)10-15(14)20-16(17)18(23)12-6-4-3-5-7-12/h3-10,20H,1-2H3. The van der Waals surface area contributed by atoms with Crippen molar-refractivity contribution in [3.05, 3.63) is 64.8 Å². The number of benzene rings is 2. The molecule has 0 aliphatic heterocycles. The Kier molecular flexibility index (Phi) is 4.38. The number of halogens is 1. The van der Waals surface area contributed by atoms with Crippen molar-refractivity contribution in [3.8, 4) is 0 Å². The molecule has 1 heterocycles. The van der Waals surface area contributed by atoms with Gasteiger partial charge in [0.25, 0.3) is 0 Å². The number of hydrogen-bond acceptors (Lipinski definition) is 3. The molecule has 0 aliphatic carbocycles. The van der Waals surface area contributed by atoms with Gasteiger partial charge >= 0.3 is 0 Å². The van der Waals surface area contributed by atoms with Crippen molar-refractivity contribution in [1.82, 2.24) is 4.98 Å². The van der Waals surface area contributed by atoms with E-state index in [1.54, 1.807) is 42.5 Å². The van der Waals surface area contributed by atoms with Crippen LogP contribution >= 0.6 is 11.6 Å². The van der Waals surface area contributed by atoms with E-state index in [1.165, 1.54) is 14.0 Å². The molecule has 0 atom stereocenters. The lowest BCUT2D eigenvalue weighted by atomic mass is 10.1. The average Bonchev–Trinajstić information content (AvgIpc) is 2.94. The normalized spacial score (nSPS) is 10.8. The van der Waals surface area contributed by atoms with E-state index in [0.29, 0.717) is 27.2 Å². The highest BCUT2D eigenvalue weighted by Crippen LogP contribution is 2.34. The van der Waals surface area contributed by atoms with Crippen LogP contribution in [0.5, 0.6) is 0 Å². The maximum atomic E-state index is 12.9. The molecule has 24 heavy (non-hydrogen) atoms. The number of anilines is 1. The molecular weight excluding hydrogens is 328 g/mol. The van der Waals surface area contributed by atoms with Crippen molar-refractivity contribution in [2.75, 3.05) is 12.2 Å². The van der Waals surface area contributed by atoms with Gasteiger partial charge in [-0.15, -0.1) is 0 Å². The molecule has 0 spiro atoms. The van der Waals surface area contributed by atoms with E-state index >= 15 is 0 Å². The van der Waals surface area contributed by atoms with Crippen LogP contribution in [-0.4, -0.2) is 23.8 Å². The van der Waals surface area contributed by atoms with Gasteiger partial charge in [0.2, 0.25) is 11.7 Å². The van der Waals surface area contributed by atoms with Crippen molar-refractivity contribution in [1.29, 1.82) is 0 Å². The zero-order valence-electron chi connectivity index (χ0n) is 13.2. The smallest absolute Gasteiger partial charge is 0.247 e. The van der Waals surface area contributed by atoms with Crippen LogP contribution in [0.25, 0.3) is 10.9 Å². The largest absolute Gasteiger partial charge is 0.350 e. The zero-order chi connectivity index (χ0) is 17.3. The quantitative estimate of drug-likeness (QED) is 0.576. The molecule has 0 aliphatic rings. The maximum Gasteiger partial charge on any atom is 0.247 e. The van der Waals surface area contributed by atoms with Gasteiger partial charge in [0.05, 0.1) is 7.11 Å². The Morgan fingerprint density at radius 2 is 1.83 bits per heavy atom. The third-order valence-corrected chi connectivity index (χ3v) is 3.90. The molecule has 0 radical (unpaired) electrons. The highest BCUT2D eigenvalue weighted by atomic mass is 35.5. The summed E-state index contributed by atoms with van der Waals surface area (Å²) in [5.74, 6) is -0.573. The first-order valence-electron chi connectivity index (χ1n) is 7.28. The van der Waals surface area contributed by atoms with Crippen LogP contribution in [0.4, 0.5) is 5.69 Å². The predicted octanol–water partition coefficient (Wildman–Crippen LogP) is 3.97. The minimum absolute atomic E-state index is 0.235. The lowest BCUT2D eigenvalue weighted by molar-refractivity contribution is -0.122. The number of nitrogens with one attached hydrogen (secondary N) is 1. The van der Waals surface area contributed by atoms with Crippen molar-refractivity contribution < 1.29 is 14.4 Å². The highest BCUT2D eigenvalue weighted by Gasteiger charge is 2.26. The molecule has 1 amide bonds. The molecule has 0 saturated heterocycles. The molecule has 1 N–H and O–H groups in total. The van der Waals surface area contributed by atoms with Crippen molar-refractivity contribution in [2.24, 2.45) is 0 Å².